The molecule has 1 aliphatic carbocycles. The summed E-state index contributed by atoms with van der Waals surface area (Å²) >= 11 is 0. The molecule has 2 heterocycles. The summed E-state index contributed by atoms with van der Waals surface area (Å²) in [5.74, 6) is 0.416. The van der Waals surface area contributed by atoms with Gasteiger partial charge in [-0.2, -0.15) is 18.3 Å². The fourth-order valence-electron chi connectivity index (χ4n) is 2.99. The van der Waals surface area contributed by atoms with E-state index < -0.39 is 12.7 Å². The van der Waals surface area contributed by atoms with E-state index in [1.54, 1.807) is 0 Å². The minimum absolute atomic E-state index is 0.173. The fraction of sp³-hybridized carbons (Fsp3) is 0.667. The van der Waals surface area contributed by atoms with Crippen LogP contribution < -0.4 is 16.4 Å². The molecule has 1 aromatic heterocycles. The molecular formula is C12H16F3N5O. The molecule has 3 unspecified atom stereocenters. The van der Waals surface area contributed by atoms with Crippen molar-refractivity contribution in [1.29, 1.82) is 0 Å². The van der Waals surface area contributed by atoms with E-state index in [0.717, 1.165) is 17.5 Å². The summed E-state index contributed by atoms with van der Waals surface area (Å²) in [5.41, 5.74) is 5.09. The van der Waals surface area contributed by atoms with Crippen LogP contribution >= 0.6 is 0 Å². The van der Waals surface area contributed by atoms with Crippen LogP contribution in [-0.4, -0.2) is 40.0 Å². The molecule has 0 bridgehead atoms. The van der Waals surface area contributed by atoms with E-state index in [4.69, 9.17) is 5.73 Å². The number of piperidine rings is 1. The first-order chi connectivity index (χ1) is 9.77. The number of carbonyl (C=O) groups excluding carboxylic acids is 1. The maximum atomic E-state index is 12.2. The number of rotatable bonds is 5. The number of halogens is 3. The van der Waals surface area contributed by atoms with Crippen LogP contribution in [0.4, 0.5) is 19.0 Å². The zero-order valence-electron chi connectivity index (χ0n) is 11.2. The van der Waals surface area contributed by atoms with Crippen molar-refractivity contribution in [2.45, 2.75) is 37.1 Å². The van der Waals surface area contributed by atoms with Gasteiger partial charge in [0.2, 0.25) is 5.91 Å². The number of hydrogen-bond donors (Lipinski definition) is 3. The number of aromatic nitrogens is 2. The van der Waals surface area contributed by atoms with E-state index in [9.17, 15) is 18.0 Å². The second-order valence-electron chi connectivity index (χ2n) is 5.76. The van der Waals surface area contributed by atoms with Crippen LogP contribution in [0.2, 0.25) is 0 Å². The number of hydrogen-bond acceptors (Lipinski definition) is 4. The van der Waals surface area contributed by atoms with Crippen molar-refractivity contribution in [2.24, 2.45) is 11.7 Å². The van der Waals surface area contributed by atoms with Gasteiger partial charge in [0.05, 0.1) is 6.04 Å². The SMILES string of the molecule is NC(=O)C1CC2CC2(CNc2ccn(CC(F)(F)F)n2)N1. The van der Waals surface area contributed by atoms with Crippen LogP contribution in [0.5, 0.6) is 0 Å². The molecule has 0 radical (unpaired) electrons. The number of fused-ring (bicyclic) bond motifs is 1. The van der Waals surface area contributed by atoms with Crippen molar-refractivity contribution < 1.29 is 18.0 Å². The zero-order chi connectivity index (χ0) is 15.3. The number of nitrogens with zero attached hydrogens (tertiary/aromatic N) is 2. The first-order valence-corrected chi connectivity index (χ1v) is 6.68. The Morgan fingerprint density at radius 1 is 1.62 bits per heavy atom. The van der Waals surface area contributed by atoms with Gasteiger partial charge in [-0.25, -0.2) is 0 Å². The third-order valence-electron chi connectivity index (χ3n) is 4.12. The van der Waals surface area contributed by atoms with Crippen molar-refractivity contribution >= 4 is 11.7 Å². The predicted molar refractivity (Wildman–Crippen MR) is 68.3 cm³/mol. The number of nitrogens with two attached hydrogens (primary N) is 1. The normalized spacial score (nSPS) is 31.0. The largest absolute Gasteiger partial charge is 0.408 e. The van der Waals surface area contributed by atoms with E-state index in [1.165, 1.54) is 12.3 Å². The summed E-state index contributed by atoms with van der Waals surface area (Å²) in [4.78, 5) is 11.1. The highest BCUT2D eigenvalue weighted by atomic mass is 19.4. The molecule has 2 aliphatic rings. The molecule has 1 saturated heterocycles. The van der Waals surface area contributed by atoms with Gasteiger partial charge in [0.15, 0.2) is 0 Å². The maximum absolute atomic E-state index is 12.2. The van der Waals surface area contributed by atoms with E-state index in [-0.39, 0.29) is 17.5 Å². The first-order valence-electron chi connectivity index (χ1n) is 6.68. The number of carbonyl (C=O) groups is 1. The van der Waals surface area contributed by atoms with Crippen molar-refractivity contribution in [3.63, 3.8) is 0 Å². The summed E-state index contributed by atoms with van der Waals surface area (Å²) in [6.07, 6.45) is -1.34. The highest BCUT2D eigenvalue weighted by molar-refractivity contribution is 5.80. The van der Waals surface area contributed by atoms with Gasteiger partial charge >= 0.3 is 6.18 Å². The molecule has 1 saturated carbocycles. The van der Waals surface area contributed by atoms with Crippen molar-refractivity contribution in [1.82, 2.24) is 15.1 Å². The number of primary amides is 1. The van der Waals surface area contributed by atoms with Crippen LogP contribution in [0.25, 0.3) is 0 Å². The van der Waals surface area contributed by atoms with Gasteiger partial charge in [0.1, 0.15) is 12.4 Å². The van der Waals surface area contributed by atoms with Gasteiger partial charge in [-0.15, -0.1) is 0 Å². The first kappa shape index (κ1) is 14.2. The number of alkyl halides is 3. The topological polar surface area (TPSA) is 85.0 Å². The molecule has 3 rings (SSSR count). The molecule has 2 fully saturated rings. The molecule has 0 aromatic carbocycles. The van der Waals surface area contributed by atoms with Crippen LogP contribution in [0.15, 0.2) is 12.3 Å². The zero-order valence-corrected chi connectivity index (χ0v) is 11.2. The van der Waals surface area contributed by atoms with E-state index >= 15 is 0 Å². The molecule has 21 heavy (non-hydrogen) atoms. The average Bonchev–Trinajstić information content (AvgIpc) is 2.72. The molecule has 4 N–H and O–H groups in total. The second-order valence-corrected chi connectivity index (χ2v) is 5.76. The summed E-state index contributed by atoms with van der Waals surface area (Å²) in [6, 6.07) is 1.19. The lowest BCUT2D eigenvalue weighted by molar-refractivity contribution is -0.142. The van der Waals surface area contributed by atoms with Crippen LogP contribution in [-0.2, 0) is 11.3 Å². The van der Waals surface area contributed by atoms with Crippen molar-refractivity contribution in [3.8, 4) is 0 Å². The lowest BCUT2D eigenvalue weighted by Crippen LogP contribution is -2.46. The number of nitrogens with one attached hydrogen (secondary N) is 2. The van der Waals surface area contributed by atoms with Crippen molar-refractivity contribution in [3.05, 3.63) is 12.3 Å². The molecule has 1 aromatic rings. The van der Waals surface area contributed by atoms with Gasteiger partial charge in [0.25, 0.3) is 0 Å². The molecule has 3 atom stereocenters. The highest BCUT2D eigenvalue weighted by Crippen LogP contribution is 2.51. The van der Waals surface area contributed by atoms with Gasteiger partial charge < -0.3 is 11.1 Å². The van der Waals surface area contributed by atoms with Crippen LogP contribution in [0.3, 0.4) is 0 Å². The monoisotopic (exact) mass is 303 g/mol. The average molecular weight is 303 g/mol. The van der Waals surface area contributed by atoms with E-state index in [1.807, 2.05) is 0 Å². The number of anilines is 1. The summed E-state index contributed by atoms with van der Waals surface area (Å²) in [5, 5.41) is 10.1. The summed E-state index contributed by atoms with van der Waals surface area (Å²) in [6.45, 7) is -0.588. The minimum atomic E-state index is -4.29. The molecule has 116 valence electrons. The van der Waals surface area contributed by atoms with Gasteiger partial charge in [-0.3, -0.25) is 14.8 Å². The molecular weight excluding hydrogens is 287 g/mol. The quantitative estimate of drug-likeness (QED) is 0.738. The Balaban J connectivity index is 1.54. The van der Waals surface area contributed by atoms with E-state index in [2.05, 4.69) is 15.7 Å². The smallest absolute Gasteiger partial charge is 0.368 e. The Kier molecular flexibility index (Phi) is 3.12. The minimum Gasteiger partial charge on any atom is -0.368 e. The Morgan fingerprint density at radius 3 is 3.00 bits per heavy atom. The fourth-order valence-corrected chi connectivity index (χ4v) is 2.99. The molecule has 6 nitrogen and oxygen atoms in total. The Hall–Kier alpha value is -1.77. The lowest BCUT2D eigenvalue weighted by Gasteiger charge is -2.17. The Bertz CT molecular complexity index is 557. The molecule has 0 spiro atoms. The Morgan fingerprint density at radius 2 is 2.38 bits per heavy atom. The highest BCUT2D eigenvalue weighted by Gasteiger charge is 2.60. The second kappa shape index (κ2) is 4.62. The molecule has 9 heteroatoms. The third-order valence-corrected chi connectivity index (χ3v) is 4.12. The maximum Gasteiger partial charge on any atom is 0.408 e. The Labute approximate surface area is 118 Å². The lowest BCUT2D eigenvalue weighted by atomic mass is 10.2. The molecule has 1 amide bonds. The van der Waals surface area contributed by atoms with Crippen LogP contribution in [0, 0.1) is 5.92 Å². The van der Waals surface area contributed by atoms with Crippen molar-refractivity contribution in [2.75, 3.05) is 11.9 Å². The predicted octanol–water partition coefficient (Wildman–Crippen LogP) is 0.463. The standard InChI is InChI=1S/C12H16F3N5O/c13-12(14,15)6-20-2-1-9(19-20)17-5-11-4-7(11)3-8(18-11)10(16)21/h1-2,7-8,18H,3-6H2,(H2,16,21)(H,17,19). The van der Waals surface area contributed by atoms with E-state index in [0.29, 0.717) is 18.3 Å². The van der Waals surface area contributed by atoms with Gasteiger partial charge in [0, 0.05) is 24.3 Å². The van der Waals surface area contributed by atoms with Gasteiger partial charge in [-0.05, 0) is 18.8 Å². The summed E-state index contributed by atoms with van der Waals surface area (Å²) in [7, 11) is 0. The molecule has 1 aliphatic heterocycles. The summed E-state index contributed by atoms with van der Waals surface area (Å²) < 4.78 is 37.5. The van der Waals surface area contributed by atoms with Gasteiger partial charge in [-0.1, -0.05) is 0 Å². The number of amides is 1. The van der Waals surface area contributed by atoms with Crippen LogP contribution in [0.1, 0.15) is 12.8 Å². The third kappa shape index (κ3) is 2.97.